The van der Waals surface area contributed by atoms with Crippen LogP contribution in [0.2, 0.25) is 0 Å². The van der Waals surface area contributed by atoms with Gasteiger partial charge in [0.25, 0.3) is 0 Å². The zero-order chi connectivity index (χ0) is 13.0. The molecule has 0 amide bonds. The number of nitrogens with one attached hydrogen (secondary N) is 1. The number of anilines is 1. The van der Waals surface area contributed by atoms with Gasteiger partial charge in [-0.3, -0.25) is 0 Å². The Morgan fingerprint density at radius 1 is 1.28 bits per heavy atom. The van der Waals surface area contributed by atoms with Crippen LogP contribution < -0.4 is 5.32 Å². The predicted molar refractivity (Wildman–Crippen MR) is 77.0 cm³/mol. The Bertz CT molecular complexity index is 362. The maximum absolute atomic E-state index is 9.42. The van der Waals surface area contributed by atoms with Gasteiger partial charge in [-0.25, -0.2) is 0 Å². The van der Waals surface area contributed by atoms with Crippen molar-refractivity contribution in [1.82, 2.24) is 0 Å². The van der Waals surface area contributed by atoms with E-state index in [1.54, 1.807) is 0 Å². The van der Waals surface area contributed by atoms with Crippen LogP contribution in [0, 0.1) is 5.41 Å². The number of hydrogen-bond donors (Lipinski definition) is 2. The molecule has 1 aromatic carbocycles. The van der Waals surface area contributed by atoms with Gasteiger partial charge in [-0.2, -0.15) is 0 Å². The Balaban J connectivity index is 1.90. The smallest absolute Gasteiger partial charge is 0.0504 e. The molecule has 1 fully saturated rings. The minimum absolute atomic E-state index is 0.148. The average Bonchev–Trinajstić information content (AvgIpc) is 2.38. The molecule has 0 radical (unpaired) electrons. The van der Waals surface area contributed by atoms with Crippen molar-refractivity contribution >= 4 is 5.69 Å². The van der Waals surface area contributed by atoms with Crippen LogP contribution in [0.1, 0.15) is 51.0 Å². The Kier molecular flexibility index (Phi) is 4.28. The van der Waals surface area contributed by atoms with E-state index in [1.807, 2.05) is 0 Å². The van der Waals surface area contributed by atoms with E-state index in [2.05, 4.69) is 43.4 Å². The van der Waals surface area contributed by atoms with Crippen molar-refractivity contribution in [3.63, 3.8) is 0 Å². The number of aliphatic hydroxyl groups excluding tert-OH is 1. The Hall–Kier alpha value is -1.02. The van der Waals surface area contributed by atoms with E-state index in [4.69, 9.17) is 0 Å². The summed E-state index contributed by atoms with van der Waals surface area (Å²) in [7, 11) is 0. The molecule has 0 spiro atoms. The molecule has 1 atom stereocenters. The molecule has 0 bridgehead atoms. The van der Waals surface area contributed by atoms with Crippen molar-refractivity contribution in [3.05, 3.63) is 29.8 Å². The fraction of sp³-hybridized carbons (Fsp3) is 0.625. The standard InChI is InChI=1S/C16H25NO/c1-3-13(2)14-5-7-15(8-6-14)17-11-16(12-18)9-4-10-16/h5-8,13,17-18H,3-4,9-12H2,1-2H3. The van der Waals surface area contributed by atoms with E-state index >= 15 is 0 Å². The molecule has 1 aliphatic rings. The van der Waals surface area contributed by atoms with Crippen LogP contribution in [0.4, 0.5) is 5.69 Å². The van der Waals surface area contributed by atoms with Crippen LogP contribution in [0.5, 0.6) is 0 Å². The summed E-state index contributed by atoms with van der Waals surface area (Å²) in [5.74, 6) is 0.634. The monoisotopic (exact) mass is 247 g/mol. The first-order valence-electron chi connectivity index (χ1n) is 7.14. The lowest BCUT2D eigenvalue weighted by Gasteiger charge is -2.40. The van der Waals surface area contributed by atoms with Crippen LogP contribution >= 0.6 is 0 Å². The van der Waals surface area contributed by atoms with Gasteiger partial charge in [-0.15, -0.1) is 0 Å². The Morgan fingerprint density at radius 3 is 2.39 bits per heavy atom. The fourth-order valence-corrected chi connectivity index (χ4v) is 2.52. The van der Waals surface area contributed by atoms with Crippen LogP contribution in [0.3, 0.4) is 0 Å². The Morgan fingerprint density at radius 2 is 1.94 bits per heavy atom. The molecule has 1 unspecified atom stereocenters. The van der Waals surface area contributed by atoms with E-state index in [9.17, 15) is 5.11 Å². The highest BCUT2D eigenvalue weighted by Crippen LogP contribution is 2.40. The lowest BCUT2D eigenvalue weighted by Crippen LogP contribution is -2.39. The maximum atomic E-state index is 9.42. The first-order valence-corrected chi connectivity index (χ1v) is 7.14. The number of hydrogen-bond acceptors (Lipinski definition) is 2. The van der Waals surface area contributed by atoms with Crippen LogP contribution in [0.15, 0.2) is 24.3 Å². The third kappa shape index (κ3) is 2.86. The highest BCUT2D eigenvalue weighted by molar-refractivity contribution is 5.45. The average molecular weight is 247 g/mol. The summed E-state index contributed by atoms with van der Waals surface area (Å²) < 4.78 is 0. The van der Waals surface area contributed by atoms with E-state index in [0.717, 1.165) is 19.4 Å². The first-order chi connectivity index (χ1) is 8.69. The SMILES string of the molecule is CCC(C)c1ccc(NCC2(CO)CCC2)cc1. The Labute approximate surface area is 110 Å². The molecule has 2 N–H and O–H groups in total. The van der Waals surface area contributed by atoms with Crippen molar-refractivity contribution in [1.29, 1.82) is 0 Å². The molecular formula is C16H25NO. The molecule has 1 aromatic rings. The molecule has 100 valence electrons. The van der Waals surface area contributed by atoms with Crippen molar-refractivity contribution in [3.8, 4) is 0 Å². The minimum Gasteiger partial charge on any atom is -0.396 e. The van der Waals surface area contributed by atoms with Crippen molar-refractivity contribution in [2.24, 2.45) is 5.41 Å². The zero-order valence-electron chi connectivity index (χ0n) is 11.6. The van der Waals surface area contributed by atoms with E-state index in [0.29, 0.717) is 12.5 Å². The third-order valence-corrected chi connectivity index (χ3v) is 4.51. The summed E-state index contributed by atoms with van der Waals surface area (Å²) in [5.41, 5.74) is 2.72. The van der Waals surface area contributed by atoms with Crippen molar-refractivity contribution < 1.29 is 5.11 Å². The topological polar surface area (TPSA) is 32.3 Å². The summed E-state index contributed by atoms with van der Waals surface area (Å²) in [6, 6.07) is 8.74. The van der Waals surface area contributed by atoms with E-state index in [-0.39, 0.29) is 5.41 Å². The van der Waals surface area contributed by atoms with Gasteiger partial charge in [0, 0.05) is 17.6 Å². The summed E-state index contributed by atoms with van der Waals surface area (Å²) in [6.07, 6.45) is 4.75. The second-order valence-corrected chi connectivity index (χ2v) is 5.80. The lowest BCUT2D eigenvalue weighted by atomic mass is 9.69. The number of rotatable bonds is 6. The summed E-state index contributed by atoms with van der Waals surface area (Å²) in [4.78, 5) is 0. The molecule has 0 aromatic heterocycles. The van der Waals surface area contributed by atoms with Gasteiger partial charge in [0.1, 0.15) is 0 Å². The predicted octanol–water partition coefficient (Wildman–Crippen LogP) is 3.77. The highest BCUT2D eigenvalue weighted by Gasteiger charge is 2.35. The van der Waals surface area contributed by atoms with Gasteiger partial charge in [-0.1, -0.05) is 32.4 Å². The normalized spacial score (nSPS) is 19.1. The first kappa shape index (κ1) is 13.4. The van der Waals surface area contributed by atoms with Gasteiger partial charge < -0.3 is 10.4 Å². The second kappa shape index (κ2) is 5.75. The summed E-state index contributed by atoms with van der Waals surface area (Å²) >= 11 is 0. The van der Waals surface area contributed by atoms with Gasteiger partial charge in [0.2, 0.25) is 0 Å². The lowest BCUT2D eigenvalue weighted by molar-refractivity contribution is 0.0576. The highest BCUT2D eigenvalue weighted by atomic mass is 16.3. The zero-order valence-corrected chi connectivity index (χ0v) is 11.6. The van der Waals surface area contributed by atoms with Gasteiger partial charge in [0.05, 0.1) is 6.61 Å². The van der Waals surface area contributed by atoms with Crippen LogP contribution in [-0.4, -0.2) is 18.3 Å². The summed E-state index contributed by atoms with van der Waals surface area (Å²) in [6.45, 7) is 5.69. The van der Waals surface area contributed by atoms with Gasteiger partial charge in [-0.05, 0) is 42.9 Å². The molecule has 0 saturated heterocycles. The summed E-state index contributed by atoms with van der Waals surface area (Å²) in [5, 5.41) is 12.9. The molecule has 1 aliphatic carbocycles. The molecule has 0 aliphatic heterocycles. The number of benzene rings is 1. The molecular weight excluding hydrogens is 222 g/mol. The molecule has 0 heterocycles. The van der Waals surface area contributed by atoms with Crippen LogP contribution in [-0.2, 0) is 0 Å². The molecule has 2 heteroatoms. The molecule has 18 heavy (non-hydrogen) atoms. The second-order valence-electron chi connectivity index (χ2n) is 5.80. The molecule has 1 saturated carbocycles. The van der Waals surface area contributed by atoms with E-state index < -0.39 is 0 Å². The van der Waals surface area contributed by atoms with Crippen molar-refractivity contribution in [2.45, 2.75) is 45.4 Å². The van der Waals surface area contributed by atoms with Crippen molar-refractivity contribution in [2.75, 3.05) is 18.5 Å². The van der Waals surface area contributed by atoms with E-state index in [1.165, 1.54) is 24.1 Å². The van der Waals surface area contributed by atoms with Gasteiger partial charge in [0.15, 0.2) is 0 Å². The molecule has 2 rings (SSSR count). The fourth-order valence-electron chi connectivity index (χ4n) is 2.52. The maximum Gasteiger partial charge on any atom is 0.0504 e. The van der Waals surface area contributed by atoms with Gasteiger partial charge >= 0.3 is 0 Å². The quantitative estimate of drug-likeness (QED) is 0.802. The van der Waals surface area contributed by atoms with Crippen LogP contribution in [0.25, 0.3) is 0 Å². The number of aliphatic hydroxyl groups is 1. The third-order valence-electron chi connectivity index (χ3n) is 4.51. The minimum atomic E-state index is 0.148. The molecule has 2 nitrogen and oxygen atoms in total. The largest absolute Gasteiger partial charge is 0.396 e.